The second kappa shape index (κ2) is 4.79. The number of nitrogen functional groups attached to an aromatic ring is 1. The maximum Gasteiger partial charge on any atom is 0.358 e. The van der Waals surface area contributed by atoms with Crippen molar-refractivity contribution in [3.8, 4) is 11.4 Å². The molecule has 0 aliphatic rings. The molecule has 6 nitrogen and oxygen atoms in total. The zero-order chi connectivity index (χ0) is 13.1. The molecule has 0 atom stereocenters. The molecule has 1 aromatic carbocycles. The van der Waals surface area contributed by atoms with Gasteiger partial charge in [0.1, 0.15) is 11.6 Å². The van der Waals surface area contributed by atoms with Gasteiger partial charge in [0.25, 0.3) is 0 Å². The summed E-state index contributed by atoms with van der Waals surface area (Å²) in [5.41, 5.74) is 6.68. The summed E-state index contributed by atoms with van der Waals surface area (Å²) < 4.78 is 11.2. The molecule has 0 fully saturated rings. The largest absolute Gasteiger partial charge is 0.497 e. The van der Waals surface area contributed by atoms with Gasteiger partial charge in [-0.05, 0) is 12.1 Å². The van der Waals surface area contributed by atoms with E-state index in [-0.39, 0.29) is 5.69 Å². The number of carbonyl (C=O) groups is 1. The number of methoxy groups -OCH3 is 2. The number of aromatic nitrogens is 2. The van der Waals surface area contributed by atoms with Crippen LogP contribution in [0.4, 0.5) is 5.82 Å². The number of hydrogen-bond acceptors (Lipinski definition) is 5. The van der Waals surface area contributed by atoms with Gasteiger partial charge in [0, 0.05) is 12.1 Å². The molecule has 0 unspecified atom stereocenters. The number of nitrogens with zero attached hydrogens (tertiary/aromatic N) is 2. The molecule has 94 valence electrons. The molecule has 2 aromatic rings. The molecule has 1 aromatic heterocycles. The Hall–Kier alpha value is -2.50. The third kappa shape index (κ3) is 2.13. The topological polar surface area (TPSA) is 79.4 Å². The van der Waals surface area contributed by atoms with E-state index >= 15 is 0 Å². The highest BCUT2D eigenvalue weighted by molar-refractivity contribution is 5.88. The molecular formula is C12H13N3O3. The Morgan fingerprint density at radius 2 is 2.11 bits per heavy atom. The Kier molecular flexibility index (Phi) is 3.18. The summed E-state index contributed by atoms with van der Waals surface area (Å²) in [5.74, 6) is 0.508. The summed E-state index contributed by atoms with van der Waals surface area (Å²) in [7, 11) is 2.87. The zero-order valence-electron chi connectivity index (χ0n) is 10.1. The zero-order valence-corrected chi connectivity index (χ0v) is 10.1. The summed E-state index contributed by atoms with van der Waals surface area (Å²) >= 11 is 0. The van der Waals surface area contributed by atoms with Crippen LogP contribution in [-0.4, -0.2) is 30.0 Å². The lowest BCUT2D eigenvalue weighted by atomic mass is 10.3. The minimum atomic E-state index is -0.525. The Labute approximate surface area is 104 Å². The molecule has 0 aliphatic carbocycles. The van der Waals surface area contributed by atoms with Gasteiger partial charge in [-0.15, -0.1) is 0 Å². The van der Waals surface area contributed by atoms with Crippen LogP contribution < -0.4 is 10.5 Å². The molecule has 0 amide bonds. The molecule has 0 spiro atoms. The highest BCUT2D eigenvalue weighted by Crippen LogP contribution is 2.19. The minimum Gasteiger partial charge on any atom is -0.497 e. The lowest BCUT2D eigenvalue weighted by Gasteiger charge is -2.05. The van der Waals surface area contributed by atoms with Crippen LogP contribution >= 0.6 is 0 Å². The van der Waals surface area contributed by atoms with Crippen molar-refractivity contribution in [2.45, 2.75) is 0 Å². The fourth-order valence-corrected chi connectivity index (χ4v) is 1.55. The van der Waals surface area contributed by atoms with E-state index in [2.05, 4.69) is 9.84 Å². The van der Waals surface area contributed by atoms with Crippen LogP contribution in [0.1, 0.15) is 10.5 Å². The highest BCUT2D eigenvalue weighted by Gasteiger charge is 2.14. The predicted molar refractivity (Wildman–Crippen MR) is 65.9 cm³/mol. The molecule has 2 rings (SSSR count). The summed E-state index contributed by atoms with van der Waals surface area (Å²) in [6.07, 6.45) is 0. The number of hydrogen-bond donors (Lipinski definition) is 1. The standard InChI is InChI=1S/C12H13N3O3/c1-17-9-5-3-4-8(6-9)15-11(13)7-10(14-15)12(16)18-2/h3-7H,13H2,1-2H3. The minimum absolute atomic E-state index is 0.165. The molecular weight excluding hydrogens is 234 g/mol. The molecule has 2 N–H and O–H groups in total. The second-order valence-corrected chi connectivity index (χ2v) is 3.56. The van der Waals surface area contributed by atoms with Gasteiger partial charge in [-0.1, -0.05) is 6.07 Å². The number of carbonyl (C=O) groups excluding carboxylic acids is 1. The van der Waals surface area contributed by atoms with E-state index in [1.54, 1.807) is 13.2 Å². The third-order valence-corrected chi connectivity index (χ3v) is 2.43. The van der Waals surface area contributed by atoms with Gasteiger partial charge in [-0.2, -0.15) is 5.10 Å². The van der Waals surface area contributed by atoms with Gasteiger partial charge >= 0.3 is 5.97 Å². The number of nitrogens with two attached hydrogens (primary N) is 1. The highest BCUT2D eigenvalue weighted by atomic mass is 16.5. The van der Waals surface area contributed by atoms with Crippen molar-refractivity contribution >= 4 is 11.8 Å². The SMILES string of the molecule is COC(=O)c1cc(N)n(-c2cccc(OC)c2)n1. The van der Waals surface area contributed by atoms with Gasteiger partial charge in [0.15, 0.2) is 5.69 Å². The summed E-state index contributed by atoms with van der Waals surface area (Å²) in [4.78, 5) is 11.4. The van der Waals surface area contributed by atoms with E-state index < -0.39 is 5.97 Å². The summed E-state index contributed by atoms with van der Waals surface area (Å²) in [6.45, 7) is 0. The Morgan fingerprint density at radius 1 is 1.33 bits per heavy atom. The van der Waals surface area contributed by atoms with Gasteiger partial charge in [0.05, 0.1) is 19.9 Å². The number of ether oxygens (including phenoxy) is 2. The van der Waals surface area contributed by atoms with E-state index in [4.69, 9.17) is 10.5 Å². The van der Waals surface area contributed by atoms with Crippen molar-refractivity contribution in [3.63, 3.8) is 0 Å². The number of esters is 1. The summed E-state index contributed by atoms with van der Waals surface area (Å²) in [6, 6.07) is 8.67. The second-order valence-electron chi connectivity index (χ2n) is 3.56. The van der Waals surface area contributed by atoms with Gasteiger partial charge in [0.2, 0.25) is 0 Å². The third-order valence-electron chi connectivity index (χ3n) is 2.43. The molecule has 1 heterocycles. The monoisotopic (exact) mass is 247 g/mol. The smallest absolute Gasteiger partial charge is 0.358 e. The lowest BCUT2D eigenvalue weighted by Crippen LogP contribution is -2.05. The van der Waals surface area contributed by atoms with Crippen LogP contribution in [0.3, 0.4) is 0 Å². The Bertz CT molecular complexity index is 578. The fraction of sp³-hybridized carbons (Fsp3) is 0.167. The first kappa shape index (κ1) is 12.0. The Morgan fingerprint density at radius 3 is 2.78 bits per heavy atom. The number of anilines is 1. The van der Waals surface area contributed by atoms with Crippen LogP contribution in [0.2, 0.25) is 0 Å². The first-order valence-electron chi connectivity index (χ1n) is 5.24. The van der Waals surface area contributed by atoms with Crippen molar-refractivity contribution < 1.29 is 14.3 Å². The van der Waals surface area contributed by atoms with Crippen molar-refractivity contribution in [3.05, 3.63) is 36.0 Å². The van der Waals surface area contributed by atoms with Crippen LogP contribution in [0.5, 0.6) is 5.75 Å². The van der Waals surface area contributed by atoms with E-state index in [1.165, 1.54) is 17.9 Å². The first-order valence-corrected chi connectivity index (χ1v) is 5.24. The maximum absolute atomic E-state index is 11.4. The fourth-order valence-electron chi connectivity index (χ4n) is 1.55. The van der Waals surface area contributed by atoms with Crippen molar-refractivity contribution in [1.29, 1.82) is 0 Å². The first-order chi connectivity index (χ1) is 8.65. The molecule has 0 bridgehead atoms. The van der Waals surface area contributed by atoms with E-state index in [0.717, 1.165) is 0 Å². The van der Waals surface area contributed by atoms with Gasteiger partial charge in [-0.3, -0.25) is 0 Å². The van der Waals surface area contributed by atoms with E-state index in [9.17, 15) is 4.79 Å². The van der Waals surface area contributed by atoms with Crippen LogP contribution in [0.15, 0.2) is 30.3 Å². The lowest BCUT2D eigenvalue weighted by molar-refractivity contribution is 0.0593. The molecule has 0 aliphatic heterocycles. The van der Waals surface area contributed by atoms with Crippen LogP contribution in [0.25, 0.3) is 5.69 Å². The average molecular weight is 247 g/mol. The predicted octanol–water partition coefficient (Wildman–Crippen LogP) is 1.25. The normalized spacial score (nSPS) is 10.1. The van der Waals surface area contributed by atoms with E-state index in [0.29, 0.717) is 17.3 Å². The quantitative estimate of drug-likeness (QED) is 0.826. The number of rotatable bonds is 3. The van der Waals surface area contributed by atoms with Crippen LogP contribution in [0, 0.1) is 0 Å². The Balaban J connectivity index is 2.44. The van der Waals surface area contributed by atoms with Crippen molar-refractivity contribution in [2.75, 3.05) is 20.0 Å². The van der Waals surface area contributed by atoms with Gasteiger partial charge < -0.3 is 15.2 Å². The molecule has 0 saturated carbocycles. The molecule has 6 heteroatoms. The molecule has 18 heavy (non-hydrogen) atoms. The average Bonchev–Trinajstić information content (AvgIpc) is 2.80. The number of benzene rings is 1. The van der Waals surface area contributed by atoms with Crippen molar-refractivity contribution in [1.82, 2.24) is 9.78 Å². The van der Waals surface area contributed by atoms with E-state index in [1.807, 2.05) is 18.2 Å². The molecule has 0 saturated heterocycles. The summed E-state index contributed by atoms with van der Waals surface area (Å²) in [5, 5.41) is 4.09. The van der Waals surface area contributed by atoms with Gasteiger partial charge in [-0.25, -0.2) is 9.48 Å². The van der Waals surface area contributed by atoms with Crippen LogP contribution in [-0.2, 0) is 4.74 Å². The molecule has 0 radical (unpaired) electrons. The maximum atomic E-state index is 11.4. The van der Waals surface area contributed by atoms with Crippen molar-refractivity contribution in [2.24, 2.45) is 0 Å².